The summed E-state index contributed by atoms with van der Waals surface area (Å²) in [6, 6.07) is 18.0. The molecule has 0 aliphatic carbocycles. The lowest BCUT2D eigenvalue weighted by Crippen LogP contribution is -1.83. The van der Waals surface area contributed by atoms with Crippen molar-refractivity contribution >= 4 is 0 Å². The van der Waals surface area contributed by atoms with E-state index in [0.717, 1.165) is 5.56 Å². The third-order valence-electron chi connectivity index (χ3n) is 3.08. The van der Waals surface area contributed by atoms with Gasteiger partial charge < -0.3 is 9.15 Å². The maximum Gasteiger partial charge on any atom is 0.170 e. The van der Waals surface area contributed by atoms with Crippen LogP contribution in [0.15, 0.2) is 65.1 Å². The molecule has 0 unspecified atom stereocenters. The largest absolute Gasteiger partial charge is 0.497 e. The lowest BCUT2D eigenvalue weighted by molar-refractivity contribution is 0.414. The molecule has 3 aromatic rings. The lowest BCUT2D eigenvalue weighted by Gasteiger charge is -2.02. The Balaban J connectivity index is 2.05. The minimum atomic E-state index is -0.378. The zero-order chi connectivity index (χ0) is 13.9. The van der Waals surface area contributed by atoms with E-state index in [1.807, 2.05) is 36.4 Å². The van der Waals surface area contributed by atoms with Gasteiger partial charge in [-0.3, -0.25) is 0 Å². The molecular formula is C17H13FO2. The van der Waals surface area contributed by atoms with E-state index < -0.39 is 0 Å². The van der Waals surface area contributed by atoms with Crippen molar-refractivity contribution in [1.82, 2.24) is 0 Å². The number of ether oxygens (including phenoxy) is 1. The van der Waals surface area contributed by atoms with Gasteiger partial charge in [0.1, 0.15) is 11.5 Å². The van der Waals surface area contributed by atoms with Crippen LogP contribution in [0.5, 0.6) is 5.75 Å². The molecule has 0 bridgehead atoms. The normalized spacial score (nSPS) is 10.5. The Morgan fingerprint density at radius 3 is 2.40 bits per heavy atom. The van der Waals surface area contributed by atoms with E-state index in [-0.39, 0.29) is 11.6 Å². The summed E-state index contributed by atoms with van der Waals surface area (Å²) >= 11 is 0. The van der Waals surface area contributed by atoms with Crippen LogP contribution in [0.25, 0.3) is 22.6 Å². The Morgan fingerprint density at radius 2 is 1.65 bits per heavy atom. The molecule has 3 heteroatoms. The van der Waals surface area contributed by atoms with Gasteiger partial charge in [-0.1, -0.05) is 42.5 Å². The minimum Gasteiger partial charge on any atom is -0.497 e. The molecule has 100 valence electrons. The Hall–Kier alpha value is -2.55. The molecule has 3 rings (SSSR count). The van der Waals surface area contributed by atoms with Gasteiger partial charge in [0, 0.05) is 17.2 Å². The number of rotatable bonds is 3. The second-order valence-electron chi connectivity index (χ2n) is 4.39. The quantitative estimate of drug-likeness (QED) is 0.683. The van der Waals surface area contributed by atoms with Gasteiger partial charge in [0.15, 0.2) is 11.6 Å². The van der Waals surface area contributed by atoms with Crippen molar-refractivity contribution in [1.29, 1.82) is 0 Å². The molecule has 0 aliphatic heterocycles. The zero-order valence-electron chi connectivity index (χ0n) is 11.0. The molecule has 0 aliphatic rings. The van der Waals surface area contributed by atoms with Gasteiger partial charge in [0.2, 0.25) is 0 Å². The first-order chi connectivity index (χ1) is 9.78. The molecule has 0 radical (unpaired) electrons. The van der Waals surface area contributed by atoms with Crippen molar-refractivity contribution in [2.45, 2.75) is 0 Å². The summed E-state index contributed by atoms with van der Waals surface area (Å²) in [4.78, 5) is 0. The Bertz CT molecular complexity index is 717. The number of halogens is 1. The molecular weight excluding hydrogens is 255 g/mol. The minimum absolute atomic E-state index is 0.225. The second kappa shape index (κ2) is 5.21. The van der Waals surface area contributed by atoms with Gasteiger partial charge >= 0.3 is 0 Å². The van der Waals surface area contributed by atoms with Gasteiger partial charge in [0.05, 0.1) is 7.11 Å². The third kappa shape index (κ3) is 2.30. The van der Waals surface area contributed by atoms with E-state index in [1.54, 1.807) is 25.3 Å². The summed E-state index contributed by atoms with van der Waals surface area (Å²) in [6.07, 6.45) is 0. The van der Waals surface area contributed by atoms with Crippen LogP contribution >= 0.6 is 0 Å². The van der Waals surface area contributed by atoms with Crippen LogP contribution in [0.2, 0.25) is 0 Å². The van der Waals surface area contributed by atoms with Crippen molar-refractivity contribution < 1.29 is 13.5 Å². The molecule has 0 fully saturated rings. The zero-order valence-corrected chi connectivity index (χ0v) is 11.0. The summed E-state index contributed by atoms with van der Waals surface area (Å²) < 4.78 is 24.9. The molecule has 20 heavy (non-hydrogen) atoms. The number of methoxy groups -OCH3 is 1. The van der Waals surface area contributed by atoms with Crippen molar-refractivity contribution in [3.05, 3.63) is 66.5 Å². The smallest absolute Gasteiger partial charge is 0.170 e. The number of hydrogen-bond acceptors (Lipinski definition) is 2. The molecule has 0 amide bonds. The number of furan rings is 1. The highest BCUT2D eigenvalue weighted by Gasteiger charge is 2.14. The molecule has 0 spiro atoms. The highest BCUT2D eigenvalue weighted by Crippen LogP contribution is 2.32. The molecule has 2 nitrogen and oxygen atoms in total. The highest BCUT2D eigenvalue weighted by molar-refractivity contribution is 5.66. The first-order valence-corrected chi connectivity index (χ1v) is 6.27. The van der Waals surface area contributed by atoms with Crippen LogP contribution in [0.1, 0.15) is 0 Å². The topological polar surface area (TPSA) is 22.4 Å². The van der Waals surface area contributed by atoms with E-state index in [2.05, 4.69) is 0 Å². The van der Waals surface area contributed by atoms with Crippen molar-refractivity contribution in [2.75, 3.05) is 7.11 Å². The molecule has 1 aromatic heterocycles. The Kier molecular flexibility index (Phi) is 3.25. The SMILES string of the molecule is COc1cccc(-c2oc(-c3ccccc3)cc2F)c1. The fourth-order valence-electron chi connectivity index (χ4n) is 2.07. The number of hydrogen-bond donors (Lipinski definition) is 0. The summed E-state index contributed by atoms with van der Waals surface area (Å²) in [5, 5.41) is 0. The molecule has 0 saturated carbocycles. The van der Waals surface area contributed by atoms with Crippen molar-refractivity contribution in [3.8, 4) is 28.4 Å². The van der Waals surface area contributed by atoms with E-state index in [0.29, 0.717) is 17.1 Å². The summed E-state index contributed by atoms with van der Waals surface area (Å²) in [7, 11) is 1.58. The van der Waals surface area contributed by atoms with Crippen LogP contribution in [0.3, 0.4) is 0 Å². The predicted octanol–water partition coefficient (Wildman–Crippen LogP) is 4.76. The standard InChI is InChI=1S/C17H13FO2/c1-19-14-9-5-8-13(10-14)17-15(18)11-16(20-17)12-6-3-2-4-7-12/h2-11H,1H3. The first kappa shape index (κ1) is 12.5. The second-order valence-corrected chi connectivity index (χ2v) is 4.39. The third-order valence-corrected chi connectivity index (χ3v) is 3.08. The maximum atomic E-state index is 14.1. The van der Waals surface area contributed by atoms with Crippen molar-refractivity contribution in [2.24, 2.45) is 0 Å². The highest BCUT2D eigenvalue weighted by atomic mass is 19.1. The van der Waals surface area contributed by atoms with Gasteiger partial charge in [0.25, 0.3) is 0 Å². The van der Waals surface area contributed by atoms with Crippen LogP contribution in [0.4, 0.5) is 4.39 Å². The van der Waals surface area contributed by atoms with Gasteiger partial charge in [-0.05, 0) is 12.1 Å². The predicted molar refractivity (Wildman–Crippen MR) is 76.1 cm³/mol. The average Bonchev–Trinajstić information content (AvgIpc) is 2.90. The van der Waals surface area contributed by atoms with Crippen LogP contribution < -0.4 is 4.74 Å². The average molecular weight is 268 g/mol. The van der Waals surface area contributed by atoms with E-state index in [9.17, 15) is 4.39 Å². The molecule has 1 heterocycles. The maximum absolute atomic E-state index is 14.1. The Labute approximate surface area is 116 Å². The summed E-state index contributed by atoms with van der Waals surface area (Å²) in [5.74, 6) is 1.03. The fraction of sp³-hybridized carbons (Fsp3) is 0.0588. The van der Waals surface area contributed by atoms with E-state index in [4.69, 9.17) is 9.15 Å². The number of benzene rings is 2. The van der Waals surface area contributed by atoms with Crippen molar-refractivity contribution in [3.63, 3.8) is 0 Å². The van der Waals surface area contributed by atoms with Gasteiger partial charge in [-0.15, -0.1) is 0 Å². The van der Waals surface area contributed by atoms with Crippen LogP contribution in [-0.2, 0) is 0 Å². The summed E-state index contributed by atoms with van der Waals surface area (Å²) in [6.45, 7) is 0. The molecule has 2 aromatic carbocycles. The van der Waals surface area contributed by atoms with Crippen LogP contribution in [0, 0.1) is 5.82 Å². The lowest BCUT2D eigenvalue weighted by atomic mass is 10.1. The fourth-order valence-corrected chi connectivity index (χ4v) is 2.07. The monoisotopic (exact) mass is 268 g/mol. The Morgan fingerprint density at radius 1 is 0.900 bits per heavy atom. The first-order valence-electron chi connectivity index (χ1n) is 6.27. The molecule has 0 N–H and O–H groups in total. The van der Waals surface area contributed by atoms with E-state index >= 15 is 0 Å². The van der Waals surface area contributed by atoms with Gasteiger partial charge in [-0.25, -0.2) is 4.39 Å². The molecule has 0 atom stereocenters. The van der Waals surface area contributed by atoms with E-state index in [1.165, 1.54) is 6.07 Å². The summed E-state index contributed by atoms with van der Waals surface area (Å²) in [5.41, 5.74) is 1.50. The molecule has 0 saturated heterocycles. The van der Waals surface area contributed by atoms with Crippen LogP contribution in [-0.4, -0.2) is 7.11 Å². The van der Waals surface area contributed by atoms with Gasteiger partial charge in [-0.2, -0.15) is 0 Å².